The molecule has 0 aromatic rings. The van der Waals surface area contributed by atoms with Crippen LogP contribution in [0.25, 0.3) is 0 Å². The monoisotopic (exact) mass is 355 g/mol. The minimum Gasteiger partial charge on any atom is -0.324 e. The van der Waals surface area contributed by atoms with E-state index in [1.807, 2.05) is 0 Å². The third-order valence-electron chi connectivity index (χ3n) is 5.73. The minimum atomic E-state index is 0.882. The van der Waals surface area contributed by atoms with Crippen LogP contribution in [0.4, 0.5) is 0 Å². The van der Waals surface area contributed by atoms with Crippen LogP contribution in [-0.2, 0) is 0 Å². The van der Waals surface area contributed by atoms with Crippen LogP contribution < -0.4 is 0 Å². The van der Waals surface area contributed by atoms with E-state index in [-0.39, 0.29) is 0 Å². The SMILES string of the molecule is CCCCN(CCC)CCC(C)CCC[N+](CCC)(CCC)CCC. The second-order valence-electron chi connectivity index (χ2n) is 8.47. The first-order chi connectivity index (χ1) is 12.1. The molecule has 0 fully saturated rings. The third kappa shape index (κ3) is 12.0. The van der Waals surface area contributed by atoms with E-state index in [9.17, 15) is 0 Å². The Labute approximate surface area is 160 Å². The van der Waals surface area contributed by atoms with E-state index in [2.05, 4.69) is 46.4 Å². The van der Waals surface area contributed by atoms with Gasteiger partial charge in [-0.3, -0.25) is 0 Å². The molecule has 0 N–H and O–H groups in total. The lowest BCUT2D eigenvalue weighted by Gasteiger charge is -2.39. The van der Waals surface area contributed by atoms with E-state index in [1.54, 1.807) is 0 Å². The van der Waals surface area contributed by atoms with Gasteiger partial charge < -0.3 is 9.38 Å². The zero-order valence-electron chi connectivity index (χ0n) is 18.8. The van der Waals surface area contributed by atoms with Gasteiger partial charge in [-0.25, -0.2) is 0 Å². The van der Waals surface area contributed by atoms with Gasteiger partial charge in [-0.2, -0.15) is 0 Å². The topological polar surface area (TPSA) is 3.24 Å². The highest BCUT2D eigenvalue weighted by atomic mass is 15.3. The third-order valence-corrected chi connectivity index (χ3v) is 5.73. The molecular weight excluding hydrogens is 304 g/mol. The van der Waals surface area contributed by atoms with Gasteiger partial charge in [-0.1, -0.05) is 48.0 Å². The van der Waals surface area contributed by atoms with Gasteiger partial charge in [-0.05, 0) is 76.9 Å². The zero-order chi connectivity index (χ0) is 19.0. The lowest BCUT2D eigenvalue weighted by molar-refractivity contribution is -0.928. The summed E-state index contributed by atoms with van der Waals surface area (Å²) in [7, 11) is 0. The molecule has 0 rings (SSSR count). The Balaban J connectivity index is 4.24. The molecule has 0 aliphatic carbocycles. The number of quaternary nitrogens is 1. The molecule has 0 aromatic heterocycles. The van der Waals surface area contributed by atoms with E-state index in [4.69, 9.17) is 0 Å². The molecule has 25 heavy (non-hydrogen) atoms. The van der Waals surface area contributed by atoms with Crippen molar-refractivity contribution in [2.45, 2.75) is 99.3 Å². The lowest BCUT2D eigenvalue weighted by atomic mass is 10.0. The molecular formula is C23H51N2+. The zero-order valence-corrected chi connectivity index (χ0v) is 18.8. The van der Waals surface area contributed by atoms with Gasteiger partial charge in [-0.15, -0.1) is 0 Å². The molecule has 0 aliphatic heterocycles. The van der Waals surface area contributed by atoms with Crippen molar-refractivity contribution >= 4 is 0 Å². The predicted molar refractivity (Wildman–Crippen MR) is 115 cm³/mol. The molecule has 1 atom stereocenters. The van der Waals surface area contributed by atoms with Crippen LogP contribution in [0.15, 0.2) is 0 Å². The fourth-order valence-corrected chi connectivity index (χ4v) is 4.45. The summed E-state index contributed by atoms with van der Waals surface area (Å²) < 4.78 is 1.38. The van der Waals surface area contributed by atoms with Gasteiger partial charge in [0.1, 0.15) is 0 Å². The average Bonchev–Trinajstić information content (AvgIpc) is 2.58. The molecule has 0 aromatic carbocycles. The van der Waals surface area contributed by atoms with Crippen LogP contribution in [0.1, 0.15) is 99.3 Å². The van der Waals surface area contributed by atoms with Crippen LogP contribution in [0.5, 0.6) is 0 Å². The Hall–Kier alpha value is -0.0800. The van der Waals surface area contributed by atoms with Gasteiger partial charge in [0, 0.05) is 0 Å². The number of rotatable bonds is 18. The molecule has 0 spiro atoms. The first kappa shape index (κ1) is 24.9. The van der Waals surface area contributed by atoms with Crippen LogP contribution in [0.2, 0.25) is 0 Å². The number of hydrogen-bond donors (Lipinski definition) is 0. The molecule has 0 radical (unpaired) electrons. The first-order valence-electron chi connectivity index (χ1n) is 11.6. The normalized spacial score (nSPS) is 13.6. The Morgan fingerprint density at radius 1 is 0.600 bits per heavy atom. The van der Waals surface area contributed by atoms with E-state index in [0.29, 0.717) is 0 Å². The molecule has 2 heteroatoms. The van der Waals surface area contributed by atoms with Crippen molar-refractivity contribution in [3.8, 4) is 0 Å². The maximum Gasteiger partial charge on any atom is 0.0786 e. The summed E-state index contributed by atoms with van der Waals surface area (Å²) >= 11 is 0. The average molecular weight is 356 g/mol. The molecule has 0 saturated carbocycles. The molecule has 0 amide bonds. The van der Waals surface area contributed by atoms with E-state index < -0.39 is 0 Å². The van der Waals surface area contributed by atoms with Gasteiger partial charge in [0.2, 0.25) is 0 Å². The summed E-state index contributed by atoms with van der Waals surface area (Å²) in [5.74, 6) is 0.882. The van der Waals surface area contributed by atoms with E-state index in [1.165, 1.54) is 108 Å². The van der Waals surface area contributed by atoms with Crippen molar-refractivity contribution in [3.05, 3.63) is 0 Å². The number of hydrogen-bond acceptors (Lipinski definition) is 1. The van der Waals surface area contributed by atoms with E-state index in [0.717, 1.165) is 5.92 Å². The van der Waals surface area contributed by atoms with Crippen molar-refractivity contribution in [3.63, 3.8) is 0 Å². The summed E-state index contributed by atoms with van der Waals surface area (Å²) in [6, 6.07) is 0. The van der Waals surface area contributed by atoms with Crippen molar-refractivity contribution in [2.75, 3.05) is 45.8 Å². The highest BCUT2D eigenvalue weighted by Crippen LogP contribution is 2.18. The highest BCUT2D eigenvalue weighted by Gasteiger charge is 2.24. The van der Waals surface area contributed by atoms with Crippen LogP contribution in [0.3, 0.4) is 0 Å². The van der Waals surface area contributed by atoms with Crippen LogP contribution in [0, 0.1) is 5.92 Å². The smallest absolute Gasteiger partial charge is 0.0786 e. The van der Waals surface area contributed by atoms with Crippen molar-refractivity contribution < 1.29 is 4.48 Å². The van der Waals surface area contributed by atoms with Crippen molar-refractivity contribution in [1.82, 2.24) is 4.90 Å². The second kappa shape index (κ2) is 16.1. The fourth-order valence-electron chi connectivity index (χ4n) is 4.45. The highest BCUT2D eigenvalue weighted by molar-refractivity contribution is 4.62. The summed E-state index contributed by atoms with van der Waals surface area (Å²) in [5.41, 5.74) is 0. The fraction of sp³-hybridized carbons (Fsp3) is 1.00. The summed E-state index contributed by atoms with van der Waals surface area (Å²) in [6.45, 7) is 23.7. The quantitative estimate of drug-likeness (QED) is 0.259. The summed E-state index contributed by atoms with van der Waals surface area (Å²) in [5, 5.41) is 0. The second-order valence-corrected chi connectivity index (χ2v) is 8.47. The first-order valence-corrected chi connectivity index (χ1v) is 11.6. The Morgan fingerprint density at radius 2 is 1.20 bits per heavy atom. The summed E-state index contributed by atoms with van der Waals surface area (Å²) in [6.07, 6.45) is 12.2. The minimum absolute atomic E-state index is 0.882. The molecule has 2 nitrogen and oxygen atoms in total. The molecule has 0 aliphatic rings. The van der Waals surface area contributed by atoms with Gasteiger partial charge >= 0.3 is 0 Å². The van der Waals surface area contributed by atoms with Crippen molar-refractivity contribution in [1.29, 1.82) is 0 Å². The number of nitrogens with zero attached hydrogens (tertiary/aromatic N) is 2. The maximum absolute atomic E-state index is 2.70. The Morgan fingerprint density at radius 3 is 1.68 bits per heavy atom. The van der Waals surface area contributed by atoms with Crippen LogP contribution >= 0.6 is 0 Å². The Bertz CT molecular complexity index is 260. The molecule has 0 saturated heterocycles. The van der Waals surface area contributed by atoms with Gasteiger partial charge in [0.05, 0.1) is 26.2 Å². The van der Waals surface area contributed by atoms with Gasteiger partial charge in [0.25, 0.3) is 0 Å². The number of unbranched alkanes of at least 4 members (excludes halogenated alkanes) is 1. The Kier molecular flexibility index (Phi) is 16.1. The molecule has 0 heterocycles. The molecule has 152 valence electrons. The predicted octanol–water partition coefficient (Wildman–Crippen LogP) is 6.35. The maximum atomic E-state index is 2.70. The lowest BCUT2D eigenvalue weighted by Crippen LogP contribution is -2.50. The summed E-state index contributed by atoms with van der Waals surface area (Å²) in [4.78, 5) is 2.70. The standard InChI is InChI=1S/C23H51N2/c1-7-12-17-24(16-8-2)18-15-23(6)14-13-22-25(19-9-3,20-10-4)21-11-5/h23H,7-22H2,1-6H3/q+1. The van der Waals surface area contributed by atoms with E-state index >= 15 is 0 Å². The molecule has 0 bridgehead atoms. The molecule has 1 unspecified atom stereocenters. The van der Waals surface area contributed by atoms with Gasteiger partial charge in [0.15, 0.2) is 0 Å². The van der Waals surface area contributed by atoms with Crippen molar-refractivity contribution in [2.24, 2.45) is 5.92 Å². The largest absolute Gasteiger partial charge is 0.324 e. The van der Waals surface area contributed by atoms with Crippen LogP contribution in [-0.4, -0.2) is 55.2 Å².